The van der Waals surface area contributed by atoms with Crippen molar-refractivity contribution in [1.82, 2.24) is 0 Å². The van der Waals surface area contributed by atoms with Crippen LogP contribution in [0.3, 0.4) is 0 Å². The van der Waals surface area contributed by atoms with Gasteiger partial charge in [-0.15, -0.1) is 0 Å². The molecule has 1 aromatic carbocycles. The summed E-state index contributed by atoms with van der Waals surface area (Å²) in [7, 11) is 1.95. The molecule has 0 aromatic heterocycles. The van der Waals surface area contributed by atoms with Gasteiger partial charge in [0, 0.05) is 12.7 Å². The van der Waals surface area contributed by atoms with E-state index in [1.165, 1.54) is 16.8 Å². The molecule has 0 atom stereocenters. The predicted molar refractivity (Wildman–Crippen MR) is 61.5 cm³/mol. The maximum absolute atomic E-state index is 3.13. The van der Waals surface area contributed by atoms with Gasteiger partial charge in [-0.2, -0.15) is 0 Å². The lowest BCUT2D eigenvalue weighted by molar-refractivity contribution is 1.11. The van der Waals surface area contributed by atoms with Crippen molar-refractivity contribution in [2.24, 2.45) is 0 Å². The van der Waals surface area contributed by atoms with Crippen LogP contribution in [0.2, 0.25) is 0 Å². The average Bonchev–Trinajstić information content (AvgIpc) is 2.22. The zero-order chi connectivity index (χ0) is 10.3. The summed E-state index contributed by atoms with van der Waals surface area (Å²) in [5.41, 5.74) is 4.01. The number of rotatable bonds is 2. The predicted octanol–water partition coefficient (Wildman–Crippen LogP) is 3.63. The minimum atomic E-state index is 1.11. The summed E-state index contributed by atoms with van der Waals surface area (Å²) in [6.07, 6.45) is 1.11. The lowest BCUT2D eigenvalue weighted by Crippen LogP contribution is -1.91. The quantitative estimate of drug-likeness (QED) is 0.731. The third-order valence-electron chi connectivity index (χ3n) is 2.02. The first-order chi connectivity index (χ1) is 6.27. The fourth-order valence-electron chi connectivity index (χ4n) is 1.21. The summed E-state index contributed by atoms with van der Waals surface area (Å²) < 4.78 is 0. The van der Waals surface area contributed by atoms with Gasteiger partial charge in [-0.3, -0.25) is 0 Å². The molecule has 0 fully saturated rings. The molecule has 0 unspecified atom stereocenters. The van der Waals surface area contributed by atoms with E-state index in [1.54, 1.807) is 0 Å². The fraction of sp³-hybridized carbons (Fsp3) is 0.500. The molecular weight excluding hydrogens is 158 g/mol. The SMILES string of the molecule is CC.CCc1cc(NC)ccc1C. The van der Waals surface area contributed by atoms with Crippen LogP contribution in [0.1, 0.15) is 31.9 Å². The van der Waals surface area contributed by atoms with Gasteiger partial charge >= 0.3 is 0 Å². The van der Waals surface area contributed by atoms with Crippen molar-refractivity contribution < 1.29 is 0 Å². The minimum absolute atomic E-state index is 1.11. The van der Waals surface area contributed by atoms with Crippen molar-refractivity contribution in [1.29, 1.82) is 0 Å². The van der Waals surface area contributed by atoms with Gasteiger partial charge in [0.1, 0.15) is 0 Å². The van der Waals surface area contributed by atoms with Crippen LogP contribution in [0.25, 0.3) is 0 Å². The highest BCUT2D eigenvalue weighted by atomic mass is 14.8. The number of nitrogens with one attached hydrogen (secondary N) is 1. The Morgan fingerprint density at radius 3 is 2.31 bits per heavy atom. The van der Waals surface area contributed by atoms with Crippen LogP contribution in [0, 0.1) is 6.92 Å². The molecule has 1 aromatic rings. The molecule has 0 aliphatic heterocycles. The molecule has 1 N–H and O–H groups in total. The highest BCUT2D eigenvalue weighted by Crippen LogP contribution is 2.14. The second kappa shape index (κ2) is 6.53. The number of hydrogen-bond acceptors (Lipinski definition) is 1. The molecule has 1 rings (SSSR count). The molecule has 0 radical (unpaired) electrons. The first-order valence-corrected chi connectivity index (χ1v) is 5.05. The lowest BCUT2D eigenvalue weighted by atomic mass is 10.1. The van der Waals surface area contributed by atoms with Crippen LogP contribution in [-0.2, 0) is 6.42 Å². The molecule has 0 bridgehead atoms. The largest absolute Gasteiger partial charge is 0.388 e. The Hall–Kier alpha value is -0.980. The van der Waals surface area contributed by atoms with Crippen molar-refractivity contribution in [3.8, 4) is 0 Å². The minimum Gasteiger partial charge on any atom is -0.388 e. The molecule has 74 valence electrons. The summed E-state index contributed by atoms with van der Waals surface area (Å²) in [5, 5.41) is 3.13. The maximum atomic E-state index is 3.13. The number of hydrogen-bond donors (Lipinski definition) is 1. The maximum Gasteiger partial charge on any atom is 0.0340 e. The molecular formula is C12H21N. The first-order valence-electron chi connectivity index (χ1n) is 5.05. The lowest BCUT2D eigenvalue weighted by Gasteiger charge is -2.05. The molecule has 0 aliphatic carbocycles. The van der Waals surface area contributed by atoms with Gasteiger partial charge < -0.3 is 5.32 Å². The summed E-state index contributed by atoms with van der Waals surface area (Å²) >= 11 is 0. The molecule has 0 aliphatic rings. The van der Waals surface area contributed by atoms with Crippen molar-refractivity contribution in [3.05, 3.63) is 29.3 Å². The third kappa shape index (κ3) is 3.49. The summed E-state index contributed by atoms with van der Waals surface area (Å²) in [6.45, 7) is 8.33. The second-order valence-electron chi connectivity index (χ2n) is 2.74. The average molecular weight is 179 g/mol. The smallest absolute Gasteiger partial charge is 0.0340 e. The van der Waals surface area contributed by atoms with Crippen molar-refractivity contribution in [3.63, 3.8) is 0 Å². The Morgan fingerprint density at radius 2 is 1.85 bits per heavy atom. The van der Waals surface area contributed by atoms with Gasteiger partial charge in [0.25, 0.3) is 0 Å². The molecule has 0 spiro atoms. The van der Waals surface area contributed by atoms with Gasteiger partial charge in [-0.25, -0.2) is 0 Å². The molecule has 13 heavy (non-hydrogen) atoms. The van der Waals surface area contributed by atoms with Crippen LogP contribution in [-0.4, -0.2) is 7.05 Å². The zero-order valence-electron chi connectivity index (χ0n) is 9.44. The first kappa shape index (κ1) is 12.0. The highest BCUT2D eigenvalue weighted by Gasteiger charge is 1.95. The monoisotopic (exact) mass is 179 g/mol. The molecule has 0 amide bonds. The van der Waals surface area contributed by atoms with Gasteiger partial charge in [0.15, 0.2) is 0 Å². The Labute approximate surface area is 82.2 Å². The van der Waals surface area contributed by atoms with E-state index in [0.29, 0.717) is 0 Å². The second-order valence-corrected chi connectivity index (χ2v) is 2.74. The van der Waals surface area contributed by atoms with Crippen molar-refractivity contribution >= 4 is 5.69 Å². The van der Waals surface area contributed by atoms with Crippen LogP contribution in [0.5, 0.6) is 0 Å². The van der Waals surface area contributed by atoms with E-state index < -0.39 is 0 Å². The van der Waals surface area contributed by atoms with E-state index in [0.717, 1.165) is 6.42 Å². The van der Waals surface area contributed by atoms with Crippen LogP contribution >= 0.6 is 0 Å². The Balaban J connectivity index is 0.000000671. The number of anilines is 1. The summed E-state index contributed by atoms with van der Waals surface area (Å²) in [6, 6.07) is 6.47. The molecule has 1 heteroatoms. The normalized spacial score (nSPS) is 8.69. The van der Waals surface area contributed by atoms with Gasteiger partial charge in [0.2, 0.25) is 0 Å². The molecule has 0 saturated heterocycles. The number of benzene rings is 1. The van der Waals surface area contributed by atoms with Crippen LogP contribution < -0.4 is 5.32 Å². The van der Waals surface area contributed by atoms with Gasteiger partial charge in [-0.1, -0.05) is 26.8 Å². The Bertz CT molecular complexity index is 241. The van der Waals surface area contributed by atoms with Crippen LogP contribution in [0.4, 0.5) is 5.69 Å². The molecule has 1 nitrogen and oxygen atoms in total. The highest BCUT2D eigenvalue weighted by molar-refractivity contribution is 5.47. The molecule has 0 saturated carbocycles. The van der Waals surface area contributed by atoms with E-state index in [1.807, 2.05) is 20.9 Å². The van der Waals surface area contributed by atoms with Crippen molar-refractivity contribution in [2.45, 2.75) is 34.1 Å². The van der Waals surface area contributed by atoms with Gasteiger partial charge in [0.05, 0.1) is 0 Å². The van der Waals surface area contributed by atoms with E-state index in [2.05, 4.69) is 37.4 Å². The van der Waals surface area contributed by atoms with Gasteiger partial charge in [-0.05, 0) is 36.6 Å². The van der Waals surface area contributed by atoms with Crippen molar-refractivity contribution in [2.75, 3.05) is 12.4 Å². The standard InChI is InChI=1S/C10H15N.C2H6/c1-4-9-7-10(11-3)6-5-8(9)2;1-2/h5-7,11H,4H2,1-3H3;1-2H3. The zero-order valence-corrected chi connectivity index (χ0v) is 9.44. The Kier molecular flexibility index (Phi) is 6.03. The third-order valence-corrected chi connectivity index (χ3v) is 2.02. The van der Waals surface area contributed by atoms with E-state index >= 15 is 0 Å². The molecule has 0 heterocycles. The summed E-state index contributed by atoms with van der Waals surface area (Å²) in [4.78, 5) is 0. The Morgan fingerprint density at radius 1 is 1.23 bits per heavy atom. The fourth-order valence-corrected chi connectivity index (χ4v) is 1.21. The van der Waals surface area contributed by atoms with E-state index in [4.69, 9.17) is 0 Å². The topological polar surface area (TPSA) is 12.0 Å². The van der Waals surface area contributed by atoms with E-state index in [9.17, 15) is 0 Å². The number of aryl methyl sites for hydroxylation is 2. The van der Waals surface area contributed by atoms with E-state index in [-0.39, 0.29) is 0 Å². The summed E-state index contributed by atoms with van der Waals surface area (Å²) in [5.74, 6) is 0. The van der Waals surface area contributed by atoms with Crippen LogP contribution in [0.15, 0.2) is 18.2 Å².